The summed E-state index contributed by atoms with van der Waals surface area (Å²) in [6.07, 6.45) is 5.27. The van der Waals surface area contributed by atoms with E-state index in [4.69, 9.17) is 14.2 Å². The maximum absolute atomic E-state index is 14.5. The number of rotatable bonds is 7. The third-order valence-corrected chi connectivity index (χ3v) is 7.62. The second-order valence-electron chi connectivity index (χ2n) is 10.3. The van der Waals surface area contributed by atoms with Crippen molar-refractivity contribution in [3.8, 4) is 22.8 Å². The fourth-order valence-electron chi connectivity index (χ4n) is 5.24. The second kappa shape index (κ2) is 8.51. The number of aromatic amines is 1. The number of hydrogen-bond acceptors (Lipinski definition) is 6. The number of amides is 1. The van der Waals surface area contributed by atoms with Gasteiger partial charge in [-0.2, -0.15) is 0 Å². The molecular weight excluding hydrogens is 463 g/mol. The van der Waals surface area contributed by atoms with Crippen LogP contribution in [0.4, 0.5) is 15.8 Å². The first-order chi connectivity index (χ1) is 17.4. The van der Waals surface area contributed by atoms with E-state index >= 15 is 0 Å². The Morgan fingerprint density at radius 2 is 2.14 bits per heavy atom. The van der Waals surface area contributed by atoms with E-state index in [9.17, 15) is 9.18 Å². The van der Waals surface area contributed by atoms with E-state index in [-0.39, 0.29) is 35.1 Å². The molecular formula is C27H29FN4O4. The molecule has 1 saturated heterocycles. The van der Waals surface area contributed by atoms with Crippen LogP contribution in [-0.2, 0) is 4.74 Å². The van der Waals surface area contributed by atoms with Crippen molar-refractivity contribution in [3.63, 3.8) is 0 Å². The lowest BCUT2D eigenvalue weighted by molar-refractivity contribution is -0.180. The molecule has 2 fully saturated rings. The maximum Gasteiger partial charge on any atom is 0.255 e. The quantitative estimate of drug-likeness (QED) is 0.440. The van der Waals surface area contributed by atoms with Gasteiger partial charge in [0.05, 0.1) is 48.6 Å². The van der Waals surface area contributed by atoms with Crippen LogP contribution in [0.5, 0.6) is 11.5 Å². The largest absolute Gasteiger partial charge is 0.492 e. The normalized spacial score (nSPS) is 23.4. The molecule has 8 nitrogen and oxygen atoms in total. The minimum absolute atomic E-state index is 0.0157. The lowest BCUT2D eigenvalue weighted by atomic mass is 9.74. The molecule has 0 radical (unpaired) electrons. The van der Waals surface area contributed by atoms with Crippen molar-refractivity contribution in [2.75, 3.05) is 25.6 Å². The van der Waals surface area contributed by atoms with Gasteiger partial charge in [0.15, 0.2) is 11.6 Å². The van der Waals surface area contributed by atoms with Crippen LogP contribution in [0.25, 0.3) is 11.3 Å². The van der Waals surface area contributed by atoms with Crippen LogP contribution in [0.3, 0.4) is 0 Å². The van der Waals surface area contributed by atoms with Gasteiger partial charge in [-0.25, -0.2) is 4.39 Å². The SMILES string of the molecule is COc1c(F)cccc1Nc1c(-c2ccncc2OC[C@H]2OCC2(C)C)[nH]c2c1C(=O)N[C@H]1CC[C@@H]21. The number of methoxy groups -OCH3 is 1. The maximum atomic E-state index is 14.5. The van der Waals surface area contributed by atoms with Gasteiger partial charge in [-0.15, -0.1) is 0 Å². The molecule has 2 aliphatic heterocycles. The van der Waals surface area contributed by atoms with E-state index < -0.39 is 5.82 Å². The van der Waals surface area contributed by atoms with Crippen molar-refractivity contribution in [1.82, 2.24) is 15.3 Å². The van der Waals surface area contributed by atoms with Crippen molar-refractivity contribution in [3.05, 3.63) is 53.7 Å². The fraction of sp³-hybridized carbons (Fsp3) is 0.407. The molecule has 1 saturated carbocycles. The van der Waals surface area contributed by atoms with Crippen LogP contribution in [0, 0.1) is 11.2 Å². The number of halogens is 1. The lowest BCUT2D eigenvalue weighted by Gasteiger charge is -2.43. The summed E-state index contributed by atoms with van der Waals surface area (Å²) in [6, 6.07) is 6.63. The Morgan fingerprint density at radius 1 is 1.28 bits per heavy atom. The molecule has 36 heavy (non-hydrogen) atoms. The number of benzene rings is 1. The summed E-state index contributed by atoms with van der Waals surface area (Å²) in [4.78, 5) is 21.0. The highest BCUT2D eigenvalue weighted by Crippen LogP contribution is 2.49. The van der Waals surface area contributed by atoms with Crippen LogP contribution < -0.4 is 20.1 Å². The van der Waals surface area contributed by atoms with E-state index in [0.29, 0.717) is 41.6 Å². The average molecular weight is 493 g/mol. The Labute approximate surface area is 208 Å². The van der Waals surface area contributed by atoms with E-state index in [0.717, 1.165) is 24.1 Å². The standard InChI is InChI=1S/C27H29FN4O4/c1-27(2)13-36-20(27)12-35-19-11-29-10-9-15(19)23-24(30-18-6-4-5-16(28)25(18)34-3)21-22(32-23)14-7-8-17(14)31-26(21)33/h4-6,9-11,14,17,20,30,32H,7-8,12-13H2,1-3H3,(H,31,33)/t14-,17+,20-/m1/s1. The van der Waals surface area contributed by atoms with Crippen LogP contribution in [0.15, 0.2) is 36.7 Å². The monoisotopic (exact) mass is 492 g/mol. The number of nitrogens with one attached hydrogen (secondary N) is 3. The van der Waals surface area contributed by atoms with Crippen LogP contribution in [0.2, 0.25) is 0 Å². The first-order valence-corrected chi connectivity index (χ1v) is 12.2. The molecule has 3 atom stereocenters. The molecule has 1 amide bonds. The number of aromatic nitrogens is 2. The van der Waals surface area contributed by atoms with Gasteiger partial charge in [0.25, 0.3) is 5.91 Å². The summed E-state index contributed by atoms with van der Waals surface area (Å²) in [5.74, 6) is 0.200. The predicted octanol–water partition coefficient (Wildman–Crippen LogP) is 4.76. The highest BCUT2D eigenvalue weighted by molar-refractivity contribution is 6.07. The van der Waals surface area contributed by atoms with Crippen molar-refractivity contribution in [1.29, 1.82) is 0 Å². The van der Waals surface area contributed by atoms with Crippen LogP contribution in [0.1, 0.15) is 48.7 Å². The summed E-state index contributed by atoms with van der Waals surface area (Å²) >= 11 is 0. The van der Waals surface area contributed by atoms with Crippen LogP contribution in [-0.4, -0.2) is 48.3 Å². The number of ether oxygens (including phenoxy) is 3. The number of carbonyl (C=O) groups excluding carboxylic acids is 1. The number of pyridine rings is 1. The zero-order valence-corrected chi connectivity index (χ0v) is 20.5. The minimum Gasteiger partial charge on any atom is -0.492 e. The van der Waals surface area contributed by atoms with Crippen LogP contribution >= 0.6 is 0 Å². The van der Waals surface area contributed by atoms with E-state index in [1.807, 2.05) is 6.07 Å². The van der Waals surface area contributed by atoms with Gasteiger partial charge in [-0.3, -0.25) is 9.78 Å². The molecule has 0 spiro atoms. The molecule has 1 aliphatic carbocycles. The smallest absolute Gasteiger partial charge is 0.255 e. The molecule has 2 aromatic heterocycles. The fourth-order valence-corrected chi connectivity index (χ4v) is 5.24. The van der Waals surface area contributed by atoms with Gasteiger partial charge in [-0.1, -0.05) is 19.9 Å². The molecule has 0 bridgehead atoms. The van der Waals surface area contributed by atoms with Gasteiger partial charge in [-0.05, 0) is 31.0 Å². The predicted molar refractivity (Wildman–Crippen MR) is 133 cm³/mol. The molecule has 4 heterocycles. The van der Waals surface area contributed by atoms with Gasteiger partial charge >= 0.3 is 0 Å². The number of hydrogen-bond donors (Lipinski definition) is 3. The zero-order valence-electron chi connectivity index (χ0n) is 20.5. The van der Waals surface area contributed by atoms with E-state index in [1.54, 1.807) is 24.5 Å². The Morgan fingerprint density at radius 3 is 2.83 bits per heavy atom. The van der Waals surface area contributed by atoms with Gasteiger partial charge < -0.3 is 29.8 Å². The van der Waals surface area contributed by atoms with Gasteiger partial charge in [0.1, 0.15) is 12.4 Å². The summed E-state index contributed by atoms with van der Waals surface area (Å²) in [7, 11) is 1.42. The molecule has 9 heteroatoms. The number of H-pyrrole nitrogens is 1. The number of fused-ring (bicyclic) bond motifs is 3. The van der Waals surface area contributed by atoms with Crippen molar-refractivity contribution in [2.45, 2.75) is 44.8 Å². The lowest BCUT2D eigenvalue weighted by Crippen LogP contribution is -2.50. The highest BCUT2D eigenvalue weighted by atomic mass is 19.1. The number of carbonyl (C=O) groups is 1. The Bertz CT molecular complexity index is 1340. The first kappa shape index (κ1) is 22.8. The third-order valence-electron chi connectivity index (χ3n) is 7.62. The minimum atomic E-state index is -0.493. The van der Waals surface area contributed by atoms with Crippen molar-refractivity contribution >= 4 is 17.3 Å². The number of para-hydroxylation sites is 1. The molecule has 188 valence electrons. The molecule has 3 aromatic rings. The number of nitrogens with zero attached hydrogens (tertiary/aromatic N) is 1. The van der Waals surface area contributed by atoms with E-state index in [1.165, 1.54) is 13.2 Å². The Balaban J connectivity index is 1.44. The molecule has 3 aliphatic rings. The molecule has 6 rings (SSSR count). The topological polar surface area (TPSA) is 97.5 Å². The average Bonchev–Trinajstić information content (AvgIpc) is 3.19. The summed E-state index contributed by atoms with van der Waals surface area (Å²) in [5.41, 5.74) is 3.86. The Kier molecular flexibility index (Phi) is 5.40. The molecule has 0 unspecified atom stereocenters. The molecule has 3 N–H and O–H groups in total. The second-order valence-corrected chi connectivity index (χ2v) is 10.3. The first-order valence-electron chi connectivity index (χ1n) is 12.2. The van der Waals surface area contributed by atoms with Crippen molar-refractivity contribution < 1.29 is 23.4 Å². The summed E-state index contributed by atoms with van der Waals surface area (Å²) in [6.45, 7) is 5.38. The van der Waals surface area contributed by atoms with Gasteiger partial charge in [0, 0.05) is 34.8 Å². The van der Waals surface area contributed by atoms with Gasteiger partial charge in [0.2, 0.25) is 0 Å². The molecule has 1 aromatic carbocycles. The summed E-state index contributed by atoms with van der Waals surface area (Å²) in [5, 5.41) is 6.42. The third kappa shape index (κ3) is 3.61. The number of anilines is 2. The Hall–Kier alpha value is -3.59. The summed E-state index contributed by atoms with van der Waals surface area (Å²) < 4.78 is 31.7. The zero-order chi connectivity index (χ0) is 25.0. The van der Waals surface area contributed by atoms with E-state index in [2.05, 4.69) is 34.4 Å². The van der Waals surface area contributed by atoms with Crippen molar-refractivity contribution in [2.24, 2.45) is 5.41 Å². The highest BCUT2D eigenvalue weighted by Gasteiger charge is 2.44.